The first-order valence-corrected chi connectivity index (χ1v) is 7.66. The molecule has 0 saturated heterocycles. The topological polar surface area (TPSA) is 82.1 Å². The quantitative estimate of drug-likeness (QED) is 0.859. The highest BCUT2D eigenvalue weighted by atomic mass is 16.5. The summed E-state index contributed by atoms with van der Waals surface area (Å²) in [5.74, 6) is -0.00217. The molecule has 0 aromatic heterocycles. The summed E-state index contributed by atoms with van der Waals surface area (Å²) >= 11 is 0. The molecule has 1 atom stereocenters. The second-order valence-electron chi connectivity index (χ2n) is 6.34. The molecule has 2 aliphatic rings. The van der Waals surface area contributed by atoms with E-state index in [-0.39, 0.29) is 19.0 Å². The Bertz CT molecular complexity index is 693. The molecule has 0 bridgehead atoms. The minimum absolute atomic E-state index is 0.0292. The average molecular weight is 320 g/mol. The summed E-state index contributed by atoms with van der Waals surface area (Å²) in [6, 6.07) is 0. The van der Waals surface area contributed by atoms with E-state index in [0.29, 0.717) is 30.6 Å². The minimum Gasteiger partial charge on any atom is -0.496 e. The fourth-order valence-corrected chi connectivity index (χ4v) is 3.40. The van der Waals surface area contributed by atoms with Crippen LogP contribution in [-0.2, 0) is 22.6 Å². The first-order valence-electron chi connectivity index (χ1n) is 7.66. The number of aliphatic carboxylic acids is 1. The molecule has 124 valence electrons. The van der Waals surface area contributed by atoms with E-state index in [1.54, 1.807) is 7.11 Å². The minimum atomic E-state index is -0.855. The maximum absolute atomic E-state index is 12.1. The number of hydrogen-bond acceptors (Lipinski definition) is 5. The molecule has 0 aliphatic carbocycles. The van der Waals surface area contributed by atoms with E-state index in [0.717, 1.165) is 22.4 Å². The second kappa shape index (κ2) is 5.44. The Labute approximate surface area is 134 Å². The van der Waals surface area contributed by atoms with Crippen LogP contribution in [0.4, 0.5) is 0 Å². The van der Waals surface area contributed by atoms with Crippen LogP contribution in [0.5, 0.6) is 11.5 Å². The number of benzene rings is 1. The Morgan fingerprint density at radius 2 is 2.13 bits per heavy atom. The maximum Gasteiger partial charge on any atom is 0.342 e. The molecule has 0 spiro atoms. The van der Waals surface area contributed by atoms with Crippen molar-refractivity contribution >= 4 is 11.9 Å². The van der Waals surface area contributed by atoms with Gasteiger partial charge in [0, 0.05) is 17.5 Å². The van der Waals surface area contributed by atoms with E-state index in [2.05, 4.69) is 0 Å². The fraction of sp³-hybridized carbons (Fsp3) is 0.529. The molecule has 1 aromatic carbocycles. The van der Waals surface area contributed by atoms with Gasteiger partial charge in [0.2, 0.25) is 0 Å². The second-order valence-corrected chi connectivity index (χ2v) is 6.34. The molecule has 2 aliphatic heterocycles. The lowest BCUT2D eigenvalue weighted by Crippen LogP contribution is -2.37. The van der Waals surface area contributed by atoms with Gasteiger partial charge in [0.15, 0.2) is 0 Å². The van der Waals surface area contributed by atoms with Crippen LogP contribution in [0.15, 0.2) is 0 Å². The lowest BCUT2D eigenvalue weighted by molar-refractivity contribution is -0.138. The summed E-state index contributed by atoms with van der Waals surface area (Å²) in [6.45, 7) is 4.02. The van der Waals surface area contributed by atoms with Gasteiger partial charge in [0.25, 0.3) is 0 Å². The van der Waals surface area contributed by atoms with Crippen LogP contribution in [-0.4, -0.2) is 29.8 Å². The smallest absolute Gasteiger partial charge is 0.342 e. The van der Waals surface area contributed by atoms with Crippen molar-refractivity contribution in [2.45, 2.75) is 51.7 Å². The van der Waals surface area contributed by atoms with Gasteiger partial charge in [-0.3, -0.25) is 4.79 Å². The number of esters is 1. The van der Waals surface area contributed by atoms with E-state index in [4.69, 9.17) is 19.3 Å². The van der Waals surface area contributed by atoms with Crippen LogP contribution >= 0.6 is 0 Å². The maximum atomic E-state index is 12.1. The van der Waals surface area contributed by atoms with Crippen molar-refractivity contribution < 1.29 is 28.9 Å². The largest absolute Gasteiger partial charge is 0.496 e. The normalized spacial score (nSPS) is 22.0. The van der Waals surface area contributed by atoms with Gasteiger partial charge in [-0.25, -0.2) is 4.79 Å². The Morgan fingerprint density at radius 3 is 2.78 bits per heavy atom. The number of rotatable bonds is 4. The molecule has 0 radical (unpaired) electrons. The number of carboxylic acid groups (broad SMARTS) is 1. The number of hydrogen-bond donors (Lipinski definition) is 1. The van der Waals surface area contributed by atoms with Gasteiger partial charge >= 0.3 is 11.9 Å². The standard InChI is InChI=1S/C17H20O6/c1-9-11-8-22-16(20)13(11)15-10(14(9)21-3)4-6-17(2,23-15)7-5-12(18)19/h4-8H2,1-3H3,(H,18,19)/t17-/m1/s1. The van der Waals surface area contributed by atoms with Crippen molar-refractivity contribution in [3.8, 4) is 11.5 Å². The molecular weight excluding hydrogens is 300 g/mol. The number of carboxylic acids is 1. The molecule has 0 unspecified atom stereocenters. The molecule has 0 saturated carbocycles. The van der Waals surface area contributed by atoms with Gasteiger partial charge in [-0.15, -0.1) is 0 Å². The van der Waals surface area contributed by atoms with Crippen LogP contribution in [0.3, 0.4) is 0 Å². The van der Waals surface area contributed by atoms with E-state index < -0.39 is 11.6 Å². The molecule has 0 fully saturated rings. The number of cyclic esters (lactones) is 1. The molecule has 3 rings (SSSR count). The zero-order valence-corrected chi connectivity index (χ0v) is 13.5. The van der Waals surface area contributed by atoms with Crippen molar-refractivity contribution in [1.29, 1.82) is 0 Å². The first kappa shape index (κ1) is 15.6. The first-order chi connectivity index (χ1) is 10.9. The number of carbonyl (C=O) groups excluding carboxylic acids is 1. The van der Waals surface area contributed by atoms with Crippen molar-refractivity contribution in [1.82, 2.24) is 0 Å². The molecule has 6 heteroatoms. The highest BCUT2D eigenvalue weighted by Crippen LogP contribution is 2.47. The SMILES string of the molecule is COc1c(C)c2c(c3c1CC[C@](C)(CCC(=O)O)O3)C(=O)OC2. The Balaban J connectivity index is 2.07. The van der Waals surface area contributed by atoms with Crippen LogP contribution in [0.1, 0.15) is 53.2 Å². The van der Waals surface area contributed by atoms with Crippen LogP contribution in [0.2, 0.25) is 0 Å². The van der Waals surface area contributed by atoms with E-state index in [1.807, 2.05) is 13.8 Å². The van der Waals surface area contributed by atoms with Gasteiger partial charge in [0.1, 0.15) is 29.3 Å². The molecule has 6 nitrogen and oxygen atoms in total. The van der Waals surface area contributed by atoms with Crippen molar-refractivity contribution in [2.24, 2.45) is 0 Å². The van der Waals surface area contributed by atoms with Gasteiger partial charge in [-0.05, 0) is 38.7 Å². The molecule has 23 heavy (non-hydrogen) atoms. The van der Waals surface area contributed by atoms with Gasteiger partial charge < -0.3 is 19.3 Å². The lowest BCUT2D eigenvalue weighted by atomic mass is 9.85. The summed E-state index contributed by atoms with van der Waals surface area (Å²) in [5.41, 5.74) is 2.44. The summed E-state index contributed by atoms with van der Waals surface area (Å²) in [7, 11) is 1.60. The summed E-state index contributed by atoms with van der Waals surface area (Å²) in [4.78, 5) is 23.0. The van der Waals surface area contributed by atoms with E-state index >= 15 is 0 Å². The predicted molar refractivity (Wildman–Crippen MR) is 81.1 cm³/mol. The summed E-state index contributed by atoms with van der Waals surface area (Å²) in [6.07, 6.45) is 1.77. The van der Waals surface area contributed by atoms with Crippen molar-refractivity contribution in [3.05, 3.63) is 22.3 Å². The third-order valence-corrected chi connectivity index (χ3v) is 4.75. The van der Waals surface area contributed by atoms with Gasteiger partial charge in [0.05, 0.1) is 7.11 Å². The van der Waals surface area contributed by atoms with E-state index in [9.17, 15) is 9.59 Å². The Kier molecular flexibility index (Phi) is 3.70. The number of carbonyl (C=O) groups is 2. The summed E-state index contributed by atoms with van der Waals surface area (Å²) < 4.78 is 16.8. The molecule has 0 amide bonds. The monoisotopic (exact) mass is 320 g/mol. The Hall–Kier alpha value is -2.24. The number of ether oxygens (including phenoxy) is 3. The van der Waals surface area contributed by atoms with Gasteiger partial charge in [-0.1, -0.05) is 0 Å². The average Bonchev–Trinajstić information content (AvgIpc) is 2.89. The zero-order chi connectivity index (χ0) is 16.8. The summed E-state index contributed by atoms with van der Waals surface area (Å²) in [5, 5.41) is 8.92. The molecule has 2 heterocycles. The van der Waals surface area contributed by atoms with Crippen molar-refractivity contribution in [2.75, 3.05) is 7.11 Å². The van der Waals surface area contributed by atoms with Crippen LogP contribution in [0, 0.1) is 6.92 Å². The van der Waals surface area contributed by atoms with Crippen molar-refractivity contribution in [3.63, 3.8) is 0 Å². The molecule has 1 aromatic rings. The molecule has 1 N–H and O–H groups in total. The number of methoxy groups -OCH3 is 1. The predicted octanol–water partition coefficient (Wildman–Crippen LogP) is 2.62. The Morgan fingerprint density at radius 1 is 1.39 bits per heavy atom. The lowest BCUT2D eigenvalue weighted by Gasteiger charge is -2.37. The number of fused-ring (bicyclic) bond motifs is 3. The highest BCUT2D eigenvalue weighted by Gasteiger charge is 2.40. The third-order valence-electron chi connectivity index (χ3n) is 4.75. The van der Waals surface area contributed by atoms with Crippen LogP contribution < -0.4 is 9.47 Å². The third kappa shape index (κ3) is 2.52. The van der Waals surface area contributed by atoms with E-state index in [1.165, 1.54) is 0 Å². The zero-order valence-electron chi connectivity index (χ0n) is 13.5. The van der Waals surface area contributed by atoms with Crippen LogP contribution in [0.25, 0.3) is 0 Å². The fourth-order valence-electron chi connectivity index (χ4n) is 3.40. The van der Waals surface area contributed by atoms with Gasteiger partial charge in [-0.2, -0.15) is 0 Å². The highest BCUT2D eigenvalue weighted by molar-refractivity contribution is 5.98. The molecular formula is C17H20O6.